The summed E-state index contributed by atoms with van der Waals surface area (Å²) in [4.78, 5) is 38.0. The number of amides is 3. The number of aryl methyl sites for hydroxylation is 1. The number of nitrogens with one attached hydrogen (secondary N) is 2. The van der Waals surface area contributed by atoms with Crippen LogP contribution in [0.15, 0.2) is 36.4 Å². The lowest BCUT2D eigenvalue weighted by Gasteiger charge is -2.26. The van der Waals surface area contributed by atoms with Gasteiger partial charge in [-0.05, 0) is 54.3 Å². The van der Waals surface area contributed by atoms with Crippen molar-refractivity contribution in [3.63, 3.8) is 0 Å². The Morgan fingerprint density at radius 2 is 1.73 bits per heavy atom. The van der Waals surface area contributed by atoms with Gasteiger partial charge in [0.1, 0.15) is 5.82 Å². The minimum atomic E-state index is -0.887. The molecule has 2 N–H and O–H groups in total. The summed E-state index contributed by atoms with van der Waals surface area (Å²) < 4.78 is 13.2. The van der Waals surface area contributed by atoms with Crippen LogP contribution in [0.5, 0.6) is 0 Å². The molecule has 2 aliphatic rings. The molecule has 0 saturated carbocycles. The minimum Gasteiger partial charge on any atom is -0.318 e. The third-order valence-electron chi connectivity index (χ3n) is 4.55. The number of halogens is 1. The highest BCUT2D eigenvalue weighted by Crippen LogP contribution is 2.38. The molecule has 6 nitrogen and oxygen atoms in total. The lowest BCUT2D eigenvalue weighted by molar-refractivity contribution is -0.133. The van der Waals surface area contributed by atoms with Gasteiger partial charge in [-0.2, -0.15) is 0 Å². The molecule has 0 aliphatic carbocycles. The average molecular weight is 353 g/mol. The van der Waals surface area contributed by atoms with Crippen LogP contribution < -0.4 is 15.5 Å². The van der Waals surface area contributed by atoms with E-state index in [0.717, 1.165) is 42.3 Å². The van der Waals surface area contributed by atoms with Gasteiger partial charge in [0, 0.05) is 17.9 Å². The molecule has 0 radical (unpaired) electrons. The molecule has 0 aromatic heterocycles. The monoisotopic (exact) mass is 353 g/mol. The van der Waals surface area contributed by atoms with Gasteiger partial charge >= 0.3 is 11.8 Å². The molecule has 26 heavy (non-hydrogen) atoms. The minimum absolute atomic E-state index is 0.0632. The Balaban J connectivity index is 1.51. The van der Waals surface area contributed by atoms with E-state index in [4.69, 9.17) is 0 Å². The van der Waals surface area contributed by atoms with Gasteiger partial charge in [-0.3, -0.25) is 14.4 Å². The topological polar surface area (TPSA) is 78.5 Å². The first-order valence-electron chi connectivity index (χ1n) is 8.35. The molecule has 0 saturated heterocycles. The van der Waals surface area contributed by atoms with Gasteiger partial charge in [0.25, 0.3) is 0 Å². The van der Waals surface area contributed by atoms with Gasteiger partial charge in [0.15, 0.2) is 0 Å². The summed E-state index contributed by atoms with van der Waals surface area (Å²) in [5, 5.41) is 4.92. The van der Waals surface area contributed by atoms with Gasteiger partial charge in [-0.15, -0.1) is 0 Å². The van der Waals surface area contributed by atoms with E-state index >= 15 is 0 Å². The van der Waals surface area contributed by atoms with Crippen molar-refractivity contribution in [2.45, 2.75) is 19.3 Å². The molecule has 2 aromatic carbocycles. The van der Waals surface area contributed by atoms with Crippen LogP contribution in [0.25, 0.3) is 0 Å². The third kappa shape index (κ3) is 2.92. The Labute approximate surface area is 149 Å². The molecule has 2 aromatic rings. The highest BCUT2D eigenvalue weighted by atomic mass is 19.1. The molecular weight excluding hydrogens is 337 g/mol. The molecule has 0 fully saturated rings. The van der Waals surface area contributed by atoms with Crippen LogP contribution in [0.2, 0.25) is 0 Å². The Hall–Kier alpha value is -3.22. The maximum atomic E-state index is 13.2. The second-order valence-corrected chi connectivity index (χ2v) is 6.39. The first kappa shape index (κ1) is 16.3. The SMILES string of the molecule is O=C(Nc1cccc(F)c1)C(=O)Nc1cc2c3c(c1)CC(=O)N3CCC2. The van der Waals surface area contributed by atoms with E-state index in [-0.39, 0.29) is 11.6 Å². The van der Waals surface area contributed by atoms with Crippen LogP contribution in [0.3, 0.4) is 0 Å². The summed E-state index contributed by atoms with van der Waals surface area (Å²) in [6.07, 6.45) is 2.00. The number of nitrogens with zero attached hydrogens (tertiary/aromatic N) is 1. The lowest BCUT2D eigenvalue weighted by atomic mass is 9.99. The zero-order valence-electron chi connectivity index (χ0n) is 13.8. The Kier molecular flexibility index (Phi) is 3.91. The number of benzene rings is 2. The number of carbonyl (C=O) groups is 3. The Bertz CT molecular complexity index is 942. The largest absolute Gasteiger partial charge is 0.318 e. The molecule has 2 heterocycles. The molecule has 0 bridgehead atoms. The summed E-state index contributed by atoms with van der Waals surface area (Å²) >= 11 is 0. The van der Waals surface area contributed by atoms with Crippen LogP contribution in [-0.2, 0) is 27.2 Å². The number of hydrogen-bond donors (Lipinski definition) is 2. The maximum Gasteiger partial charge on any atom is 0.314 e. The van der Waals surface area contributed by atoms with E-state index in [0.29, 0.717) is 12.1 Å². The van der Waals surface area contributed by atoms with E-state index in [1.807, 2.05) is 0 Å². The highest BCUT2D eigenvalue weighted by Gasteiger charge is 2.32. The lowest BCUT2D eigenvalue weighted by Crippen LogP contribution is -2.31. The van der Waals surface area contributed by atoms with Crippen LogP contribution in [0.1, 0.15) is 17.5 Å². The van der Waals surface area contributed by atoms with Crippen LogP contribution in [-0.4, -0.2) is 24.3 Å². The van der Waals surface area contributed by atoms with Gasteiger partial charge in [0.2, 0.25) is 5.91 Å². The van der Waals surface area contributed by atoms with E-state index in [1.165, 1.54) is 18.2 Å². The number of carbonyl (C=O) groups excluding carboxylic acids is 3. The number of hydrogen-bond acceptors (Lipinski definition) is 3. The van der Waals surface area contributed by atoms with Crippen molar-refractivity contribution in [1.82, 2.24) is 0 Å². The van der Waals surface area contributed by atoms with Crippen molar-refractivity contribution >= 4 is 34.8 Å². The first-order chi connectivity index (χ1) is 12.5. The molecule has 7 heteroatoms. The van der Waals surface area contributed by atoms with Gasteiger partial charge in [0.05, 0.1) is 12.1 Å². The molecule has 4 rings (SSSR count). The quantitative estimate of drug-likeness (QED) is 0.813. The second kappa shape index (κ2) is 6.25. The van der Waals surface area contributed by atoms with E-state index in [2.05, 4.69) is 10.6 Å². The molecule has 2 aliphatic heterocycles. The first-order valence-corrected chi connectivity index (χ1v) is 8.35. The van der Waals surface area contributed by atoms with Crippen molar-refractivity contribution < 1.29 is 18.8 Å². The molecule has 132 valence electrons. The van der Waals surface area contributed by atoms with Crippen molar-refractivity contribution in [2.24, 2.45) is 0 Å². The standard InChI is InChI=1S/C19H16FN3O3/c20-13-4-1-5-14(10-13)21-18(25)19(26)22-15-7-11-3-2-6-23-16(24)9-12(8-15)17(11)23/h1,4-5,7-8,10H,2-3,6,9H2,(H,21,25)(H,22,26). The molecular formula is C19H16FN3O3. The Morgan fingerprint density at radius 3 is 2.50 bits per heavy atom. The zero-order valence-corrected chi connectivity index (χ0v) is 13.8. The summed E-state index contributed by atoms with van der Waals surface area (Å²) in [6.45, 7) is 0.723. The number of anilines is 3. The summed E-state index contributed by atoms with van der Waals surface area (Å²) in [7, 11) is 0. The van der Waals surface area contributed by atoms with Gasteiger partial charge < -0.3 is 15.5 Å². The average Bonchev–Trinajstić information content (AvgIpc) is 2.92. The van der Waals surface area contributed by atoms with Gasteiger partial charge in [-0.25, -0.2) is 4.39 Å². The molecule has 3 amide bonds. The van der Waals surface area contributed by atoms with Crippen molar-refractivity contribution in [3.8, 4) is 0 Å². The Morgan fingerprint density at radius 1 is 1.00 bits per heavy atom. The van der Waals surface area contributed by atoms with Crippen molar-refractivity contribution in [3.05, 3.63) is 53.3 Å². The van der Waals surface area contributed by atoms with E-state index in [1.54, 1.807) is 17.0 Å². The zero-order chi connectivity index (χ0) is 18.3. The normalized spacial score (nSPS) is 14.8. The van der Waals surface area contributed by atoms with Crippen molar-refractivity contribution in [2.75, 3.05) is 22.1 Å². The predicted octanol–water partition coefficient (Wildman–Crippen LogP) is 2.24. The third-order valence-corrected chi connectivity index (χ3v) is 4.55. The summed E-state index contributed by atoms with van der Waals surface area (Å²) in [5.41, 5.74) is 3.50. The van der Waals surface area contributed by atoms with Crippen LogP contribution in [0.4, 0.5) is 21.5 Å². The van der Waals surface area contributed by atoms with Gasteiger partial charge in [-0.1, -0.05) is 6.07 Å². The fourth-order valence-corrected chi connectivity index (χ4v) is 3.49. The second-order valence-electron chi connectivity index (χ2n) is 6.39. The maximum absolute atomic E-state index is 13.2. The van der Waals surface area contributed by atoms with E-state index in [9.17, 15) is 18.8 Å². The summed E-state index contributed by atoms with van der Waals surface area (Å²) in [5.74, 6) is -2.18. The van der Waals surface area contributed by atoms with E-state index < -0.39 is 17.6 Å². The van der Waals surface area contributed by atoms with Crippen molar-refractivity contribution in [1.29, 1.82) is 0 Å². The fourth-order valence-electron chi connectivity index (χ4n) is 3.49. The smallest absolute Gasteiger partial charge is 0.314 e. The van der Waals surface area contributed by atoms with Crippen LogP contribution >= 0.6 is 0 Å². The fraction of sp³-hybridized carbons (Fsp3) is 0.211. The molecule has 0 unspecified atom stereocenters. The molecule has 0 spiro atoms. The molecule has 0 atom stereocenters. The summed E-state index contributed by atoms with van der Waals surface area (Å²) in [6, 6.07) is 8.85. The highest BCUT2D eigenvalue weighted by molar-refractivity contribution is 6.43. The van der Waals surface area contributed by atoms with Crippen LogP contribution in [0, 0.1) is 5.82 Å². The number of rotatable bonds is 2. The predicted molar refractivity (Wildman–Crippen MR) is 94.5 cm³/mol.